The Balaban J connectivity index is 2.18. The highest BCUT2D eigenvalue weighted by molar-refractivity contribution is 5.98. The molecule has 0 fully saturated rings. The number of benzene rings is 1. The van der Waals surface area contributed by atoms with Gasteiger partial charge in [0.1, 0.15) is 5.75 Å². The quantitative estimate of drug-likeness (QED) is 0.739. The normalized spacial score (nSPS) is 10.2. The van der Waals surface area contributed by atoms with Gasteiger partial charge in [0.25, 0.3) is 0 Å². The van der Waals surface area contributed by atoms with Crippen LogP contribution in [-0.4, -0.2) is 21.9 Å². The SMILES string of the molecule is CCOc1ccccc1C(=O)Cn1ccnc1. The predicted octanol–water partition coefficient (Wildman–Crippen LogP) is 2.16. The lowest BCUT2D eigenvalue weighted by atomic mass is 10.1. The molecule has 0 bridgehead atoms. The van der Waals surface area contributed by atoms with Gasteiger partial charge >= 0.3 is 0 Å². The van der Waals surface area contributed by atoms with Gasteiger partial charge in [-0.1, -0.05) is 12.1 Å². The van der Waals surface area contributed by atoms with Gasteiger partial charge in [0.05, 0.1) is 25.0 Å². The summed E-state index contributed by atoms with van der Waals surface area (Å²) in [7, 11) is 0. The Bertz CT molecular complexity index is 492. The van der Waals surface area contributed by atoms with E-state index in [2.05, 4.69) is 4.98 Å². The second kappa shape index (κ2) is 5.30. The molecule has 0 aliphatic rings. The number of hydrogen-bond donors (Lipinski definition) is 0. The van der Waals surface area contributed by atoms with Crippen molar-refractivity contribution in [3.63, 3.8) is 0 Å². The Morgan fingerprint density at radius 3 is 2.94 bits per heavy atom. The van der Waals surface area contributed by atoms with Crippen molar-refractivity contribution in [3.8, 4) is 5.75 Å². The summed E-state index contributed by atoms with van der Waals surface area (Å²) in [5, 5.41) is 0. The lowest BCUT2D eigenvalue weighted by Crippen LogP contribution is -2.10. The highest BCUT2D eigenvalue weighted by atomic mass is 16.5. The summed E-state index contributed by atoms with van der Waals surface area (Å²) in [5.41, 5.74) is 0.614. The minimum Gasteiger partial charge on any atom is -0.493 e. The van der Waals surface area contributed by atoms with E-state index in [0.29, 0.717) is 17.9 Å². The van der Waals surface area contributed by atoms with Gasteiger partial charge in [-0.3, -0.25) is 4.79 Å². The summed E-state index contributed by atoms with van der Waals surface area (Å²) in [5.74, 6) is 0.659. The maximum Gasteiger partial charge on any atom is 0.186 e. The van der Waals surface area contributed by atoms with E-state index in [0.717, 1.165) is 0 Å². The topological polar surface area (TPSA) is 44.1 Å². The van der Waals surface area contributed by atoms with Crippen LogP contribution in [0.2, 0.25) is 0 Å². The molecule has 2 rings (SSSR count). The number of hydrogen-bond acceptors (Lipinski definition) is 3. The molecule has 0 saturated heterocycles. The minimum absolute atomic E-state index is 0.0204. The van der Waals surface area contributed by atoms with Gasteiger partial charge in [-0.2, -0.15) is 0 Å². The number of para-hydroxylation sites is 1. The molecule has 0 saturated carbocycles. The summed E-state index contributed by atoms with van der Waals surface area (Å²) in [6.07, 6.45) is 5.05. The third-order valence-corrected chi connectivity index (χ3v) is 2.37. The zero-order valence-electron chi connectivity index (χ0n) is 9.67. The molecule has 0 amide bonds. The summed E-state index contributed by atoms with van der Waals surface area (Å²) < 4.78 is 7.17. The lowest BCUT2D eigenvalue weighted by molar-refractivity contribution is 0.0968. The molecule has 17 heavy (non-hydrogen) atoms. The second-order valence-corrected chi connectivity index (χ2v) is 3.59. The molecule has 2 aromatic rings. The fourth-order valence-electron chi connectivity index (χ4n) is 1.61. The van der Waals surface area contributed by atoms with Crippen LogP contribution in [0.3, 0.4) is 0 Å². The molecule has 4 nitrogen and oxygen atoms in total. The van der Waals surface area contributed by atoms with Gasteiger partial charge in [-0.15, -0.1) is 0 Å². The summed E-state index contributed by atoms with van der Waals surface area (Å²) in [4.78, 5) is 16.0. The maximum absolute atomic E-state index is 12.1. The van der Waals surface area contributed by atoms with E-state index in [1.807, 2.05) is 25.1 Å². The molecule has 88 valence electrons. The van der Waals surface area contributed by atoms with Crippen LogP contribution in [0.15, 0.2) is 43.0 Å². The number of rotatable bonds is 5. The van der Waals surface area contributed by atoms with Crippen LogP contribution in [0.1, 0.15) is 17.3 Å². The van der Waals surface area contributed by atoms with Crippen LogP contribution in [0, 0.1) is 0 Å². The molecule has 0 unspecified atom stereocenters. The van der Waals surface area contributed by atoms with E-state index >= 15 is 0 Å². The largest absolute Gasteiger partial charge is 0.493 e. The van der Waals surface area contributed by atoms with Gasteiger partial charge in [-0.25, -0.2) is 4.98 Å². The molecule has 0 N–H and O–H groups in total. The number of carbonyl (C=O) groups is 1. The molecular formula is C13H14N2O2. The monoisotopic (exact) mass is 230 g/mol. The van der Waals surface area contributed by atoms with Crippen molar-refractivity contribution < 1.29 is 9.53 Å². The maximum atomic E-state index is 12.1. The predicted molar refractivity (Wildman–Crippen MR) is 64.2 cm³/mol. The Hall–Kier alpha value is -2.10. The molecule has 4 heteroatoms. The summed E-state index contributed by atoms with van der Waals surface area (Å²) in [6.45, 7) is 2.73. The standard InChI is InChI=1S/C13H14N2O2/c1-2-17-13-6-4-3-5-11(13)12(16)9-15-8-7-14-10-15/h3-8,10H,2,9H2,1H3. The number of nitrogens with zero attached hydrogens (tertiary/aromatic N) is 2. The highest BCUT2D eigenvalue weighted by Gasteiger charge is 2.11. The molecule has 0 spiro atoms. The van der Waals surface area contributed by atoms with Crippen LogP contribution in [0.25, 0.3) is 0 Å². The third kappa shape index (κ3) is 2.72. The first kappa shape index (κ1) is 11.4. The fraction of sp³-hybridized carbons (Fsp3) is 0.231. The van der Waals surface area contributed by atoms with E-state index in [4.69, 9.17) is 4.74 Å². The van der Waals surface area contributed by atoms with E-state index < -0.39 is 0 Å². The minimum atomic E-state index is 0.0204. The van der Waals surface area contributed by atoms with Crippen LogP contribution in [0.5, 0.6) is 5.75 Å². The first-order chi connectivity index (χ1) is 8.31. The van der Waals surface area contributed by atoms with Gasteiger partial charge < -0.3 is 9.30 Å². The van der Waals surface area contributed by atoms with E-state index in [1.54, 1.807) is 29.4 Å². The number of ketones is 1. The molecule has 1 aromatic carbocycles. The van der Waals surface area contributed by atoms with Crippen LogP contribution < -0.4 is 4.74 Å². The number of imidazole rings is 1. The van der Waals surface area contributed by atoms with Crippen molar-refractivity contribution in [3.05, 3.63) is 48.5 Å². The van der Waals surface area contributed by atoms with Crippen molar-refractivity contribution in [2.45, 2.75) is 13.5 Å². The molecule has 0 radical (unpaired) electrons. The van der Waals surface area contributed by atoms with Crippen molar-refractivity contribution in [1.82, 2.24) is 9.55 Å². The van der Waals surface area contributed by atoms with Gasteiger partial charge in [0.15, 0.2) is 5.78 Å². The van der Waals surface area contributed by atoms with E-state index in [1.165, 1.54) is 0 Å². The number of Topliss-reactive ketones (excluding diaryl/α,β-unsaturated/α-hetero) is 1. The summed E-state index contributed by atoms with van der Waals surface area (Å²) in [6, 6.07) is 7.29. The molecule has 0 aliphatic carbocycles. The zero-order chi connectivity index (χ0) is 12.1. The summed E-state index contributed by atoms with van der Waals surface area (Å²) >= 11 is 0. The molecule has 0 atom stereocenters. The van der Waals surface area contributed by atoms with Gasteiger partial charge in [0.2, 0.25) is 0 Å². The number of carbonyl (C=O) groups excluding carboxylic acids is 1. The van der Waals surface area contributed by atoms with Crippen molar-refractivity contribution in [2.75, 3.05) is 6.61 Å². The van der Waals surface area contributed by atoms with Crippen LogP contribution >= 0.6 is 0 Å². The third-order valence-electron chi connectivity index (χ3n) is 2.37. The van der Waals surface area contributed by atoms with Crippen LogP contribution in [-0.2, 0) is 6.54 Å². The average molecular weight is 230 g/mol. The van der Waals surface area contributed by atoms with Gasteiger partial charge in [-0.05, 0) is 19.1 Å². The zero-order valence-corrected chi connectivity index (χ0v) is 9.67. The first-order valence-corrected chi connectivity index (χ1v) is 5.52. The van der Waals surface area contributed by atoms with Crippen molar-refractivity contribution >= 4 is 5.78 Å². The lowest BCUT2D eigenvalue weighted by Gasteiger charge is -2.09. The van der Waals surface area contributed by atoms with E-state index in [9.17, 15) is 4.79 Å². The second-order valence-electron chi connectivity index (χ2n) is 3.59. The Morgan fingerprint density at radius 2 is 2.24 bits per heavy atom. The van der Waals surface area contributed by atoms with Crippen molar-refractivity contribution in [1.29, 1.82) is 0 Å². The molecule has 0 aliphatic heterocycles. The smallest absolute Gasteiger partial charge is 0.186 e. The van der Waals surface area contributed by atoms with E-state index in [-0.39, 0.29) is 12.3 Å². The molecular weight excluding hydrogens is 216 g/mol. The fourth-order valence-corrected chi connectivity index (χ4v) is 1.61. The highest BCUT2D eigenvalue weighted by Crippen LogP contribution is 2.18. The Kier molecular flexibility index (Phi) is 3.55. The van der Waals surface area contributed by atoms with Crippen LogP contribution in [0.4, 0.5) is 0 Å². The molecule has 1 heterocycles. The number of aromatic nitrogens is 2. The van der Waals surface area contributed by atoms with Gasteiger partial charge in [0, 0.05) is 12.4 Å². The molecule has 1 aromatic heterocycles. The average Bonchev–Trinajstić information content (AvgIpc) is 2.83. The first-order valence-electron chi connectivity index (χ1n) is 5.52. The number of ether oxygens (including phenoxy) is 1. The Morgan fingerprint density at radius 1 is 1.41 bits per heavy atom. The van der Waals surface area contributed by atoms with Crippen molar-refractivity contribution in [2.24, 2.45) is 0 Å². The Labute approximate surface area is 99.9 Å².